The van der Waals surface area contributed by atoms with Gasteiger partial charge in [0.15, 0.2) is 0 Å². The van der Waals surface area contributed by atoms with Gasteiger partial charge in [-0.15, -0.1) is 0 Å². The second-order valence-electron chi connectivity index (χ2n) is 7.07. The number of rotatable bonds is 5. The Morgan fingerprint density at radius 1 is 1.18 bits per heavy atom. The first kappa shape index (κ1) is 18.0. The van der Waals surface area contributed by atoms with Crippen LogP contribution in [0.25, 0.3) is 16.7 Å². The van der Waals surface area contributed by atoms with E-state index in [4.69, 9.17) is 0 Å². The molecule has 0 spiro atoms. The number of aromatic nitrogens is 4. The van der Waals surface area contributed by atoms with E-state index in [1.54, 1.807) is 0 Å². The van der Waals surface area contributed by atoms with E-state index in [1.807, 2.05) is 80.2 Å². The van der Waals surface area contributed by atoms with Crippen molar-refractivity contribution in [3.05, 3.63) is 77.4 Å². The van der Waals surface area contributed by atoms with Crippen molar-refractivity contribution in [3.63, 3.8) is 0 Å². The molecule has 0 radical (unpaired) electrons. The Kier molecular flexibility index (Phi) is 4.69. The number of fused-ring (bicyclic) bond motifs is 1. The summed E-state index contributed by atoms with van der Waals surface area (Å²) in [6.45, 7) is 5.93. The van der Waals surface area contributed by atoms with Crippen LogP contribution >= 0.6 is 0 Å². The van der Waals surface area contributed by atoms with Crippen molar-refractivity contribution >= 4 is 16.9 Å². The highest BCUT2D eigenvalue weighted by atomic mass is 16.1. The first-order valence-electron chi connectivity index (χ1n) is 9.36. The molecule has 2 aromatic heterocycles. The van der Waals surface area contributed by atoms with E-state index in [-0.39, 0.29) is 11.9 Å². The summed E-state index contributed by atoms with van der Waals surface area (Å²) in [5.41, 5.74) is 5.87. The quantitative estimate of drug-likeness (QED) is 0.559. The fourth-order valence-electron chi connectivity index (χ4n) is 3.53. The molecule has 0 unspecified atom stereocenters. The summed E-state index contributed by atoms with van der Waals surface area (Å²) in [6, 6.07) is 15.7. The van der Waals surface area contributed by atoms with Crippen molar-refractivity contribution in [3.8, 4) is 5.69 Å². The van der Waals surface area contributed by atoms with Crippen LogP contribution in [0.15, 0.2) is 54.7 Å². The third-order valence-electron chi connectivity index (χ3n) is 4.92. The van der Waals surface area contributed by atoms with Crippen LogP contribution in [0.3, 0.4) is 0 Å². The summed E-state index contributed by atoms with van der Waals surface area (Å²) in [5, 5.41) is 7.57. The second kappa shape index (κ2) is 7.31. The molecule has 4 aromatic rings. The van der Waals surface area contributed by atoms with Crippen molar-refractivity contribution < 1.29 is 4.79 Å². The summed E-state index contributed by atoms with van der Waals surface area (Å²) in [7, 11) is 0. The van der Waals surface area contributed by atoms with Gasteiger partial charge in [0.1, 0.15) is 5.82 Å². The fraction of sp³-hybridized carbons (Fsp3) is 0.227. The highest BCUT2D eigenvalue weighted by molar-refractivity contribution is 5.82. The van der Waals surface area contributed by atoms with Gasteiger partial charge in [0, 0.05) is 11.3 Å². The Hall–Kier alpha value is -3.41. The third-order valence-corrected chi connectivity index (χ3v) is 4.92. The van der Waals surface area contributed by atoms with Gasteiger partial charge in [-0.1, -0.05) is 24.3 Å². The Bertz CT molecular complexity index is 1130. The van der Waals surface area contributed by atoms with E-state index in [1.165, 1.54) is 0 Å². The molecule has 0 fully saturated rings. The number of carbonyl (C=O) groups excluding carboxylic acids is 1. The van der Waals surface area contributed by atoms with Gasteiger partial charge in [0.2, 0.25) is 5.91 Å². The molecule has 2 N–H and O–H groups in total. The Labute approximate surface area is 163 Å². The number of aromatic amines is 1. The average molecular weight is 373 g/mol. The van der Waals surface area contributed by atoms with Gasteiger partial charge in [0.25, 0.3) is 0 Å². The minimum absolute atomic E-state index is 0.0186. The number of nitrogens with one attached hydrogen (secondary N) is 2. The standard InChI is InChI=1S/C22H23N5O/c1-14(19-13-23-27(15(19)2)18-7-5-4-6-8-18)24-22(28)12-17-9-10-20-21(11-17)26-16(3)25-20/h4-11,13-14H,12H2,1-3H3,(H,24,28)(H,25,26)/t14-/m1/s1. The predicted molar refractivity (Wildman–Crippen MR) is 109 cm³/mol. The first-order valence-corrected chi connectivity index (χ1v) is 9.36. The zero-order valence-corrected chi connectivity index (χ0v) is 16.2. The Morgan fingerprint density at radius 3 is 2.75 bits per heavy atom. The van der Waals surface area contributed by atoms with Gasteiger partial charge in [0.05, 0.1) is 35.4 Å². The number of amides is 1. The van der Waals surface area contributed by atoms with E-state index in [0.717, 1.165) is 39.4 Å². The smallest absolute Gasteiger partial charge is 0.224 e. The van der Waals surface area contributed by atoms with Crippen molar-refractivity contribution in [1.82, 2.24) is 25.1 Å². The maximum absolute atomic E-state index is 12.6. The zero-order valence-electron chi connectivity index (χ0n) is 16.2. The molecular weight excluding hydrogens is 350 g/mol. The van der Waals surface area contributed by atoms with Gasteiger partial charge in [-0.05, 0) is 50.6 Å². The van der Waals surface area contributed by atoms with E-state index < -0.39 is 0 Å². The van der Waals surface area contributed by atoms with Gasteiger partial charge < -0.3 is 10.3 Å². The minimum atomic E-state index is -0.122. The Balaban J connectivity index is 1.46. The van der Waals surface area contributed by atoms with Crippen LogP contribution in [0.1, 0.15) is 35.6 Å². The normalized spacial score (nSPS) is 12.2. The third kappa shape index (κ3) is 3.53. The number of para-hydroxylation sites is 1. The van der Waals surface area contributed by atoms with Crippen LogP contribution < -0.4 is 5.32 Å². The molecular formula is C22H23N5O. The monoisotopic (exact) mass is 373 g/mol. The van der Waals surface area contributed by atoms with Gasteiger partial charge >= 0.3 is 0 Å². The van der Waals surface area contributed by atoms with Crippen LogP contribution in [-0.4, -0.2) is 25.7 Å². The maximum Gasteiger partial charge on any atom is 0.224 e. The SMILES string of the molecule is Cc1nc2ccc(CC(=O)N[C@H](C)c3cnn(-c4ccccc4)c3C)cc2[nH]1. The summed E-state index contributed by atoms with van der Waals surface area (Å²) < 4.78 is 1.90. The minimum Gasteiger partial charge on any atom is -0.349 e. The number of nitrogens with zero attached hydrogens (tertiary/aromatic N) is 3. The van der Waals surface area contributed by atoms with E-state index in [9.17, 15) is 4.79 Å². The van der Waals surface area contributed by atoms with Gasteiger partial charge in [-0.2, -0.15) is 5.10 Å². The van der Waals surface area contributed by atoms with Crippen LogP contribution in [0.2, 0.25) is 0 Å². The number of carbonyl (C=O) groups is 1. The average Bonchev–Trinajstić information content (AvgIpc) is 3.23. The van der Waals surface area contributed by atoms with Crippen LogP contribution in [0, 0.1) is 13.8 Å². The van der Waals surface area contributed by atoms with Crippen LogP contribution in [0.5, 0.6) is 0 Å². The number of hydrogen-bond acceptors (Lipinski definition) is 3. The van der Waals surface area contributed by atoms with Gasteiger partial charge in [-0.3, -0.25) is 4.79 Å². The van der Waals surface area contributed by atoms with E-state index in [0.29, 0.717) is 6.42 Å². The number of aryl methyl sites for hydroxylation is 1. The lowest BCUT2D eigenvalue weighted by atomic mass is 10.1. The van der Waals surface area contributed by atoms with Crippen molar-refractivity contribution in [1.29, 1.82) is 0 Å². The van der Waals surface area contributed by atoms with Crippen molar-refractivity contribution in [2.75, 3.05) is 0 Å². The zero-order chi connectivity index (χ0) is 19.7. The molecule has 142 valence electrons. The highest BCUT2D eigenvalue weighted by Gasteiger charge is 2.16. The molecule has 0 aliphatic rings. The van der Waals surface area contributed by atoms with E-state index >= 15 is 0 Å². The molecule has 2 aromatic carbocycles. The first-order chi connectivity index (χ1) is 13.5. The molecule has 0 saturated heterocycles. The number of imidazole rings is 1. The van der Waals surface area contributed by atoms with Crippen molar-refractivity contribution in [2.24, 2.45) is 0 Å². The molecule has 1 atom stereocenters. The maximum atomic E-state index is 12.6. The van der Waals surface area contributed by atoms with Crippen LogP contribution in [0.4, 0.5) is 0 Å². The number of hydrogen-bond donors (Lipinski definition) is 2. The molecule has 4 rings (SSSR count). The van der Waals surface area contributed by atoms with Gasteiger partial charge in [-0.25, -0.2) is 9.67 Å². The van der Waals surface area contributed by atoms with Crippen molar-refractivity contribution in [2.45, 2.75) is 33.2 Å². The number of benzene rings is 2. The molecule has 28 heavy (non-hydrogen) atoms. The topological polar surface area (TPSA) is 75.6 Å². The van der Waals surface area contributed by atoms with E-state index in [2.05, 4.69) is 20.4 Å². The summed E-state index contributed by atoms with van der Waals surface area (Å²) in [5.74, 6) is 0.853. The lowest BCUT2D eigenvalue weighted by molar-refractivity contribution is -0.121. The second-order valence-corrected chi connectivity index (χ2v) is 7.07. The number of H-pyrrole nitrogens is 1. The molecule has 0 saturated carbocycles. The summed E-state index contributed by atoms with van der Waals surface area (Å²) in [6.07, 6.45) is 2.15. The molecule has 1 amide bonds. The lowest BCUT2D eigenvalue weighted by Crippen LogP contribution is -2.28. The molecule has 0 aliphatic carbocycles. The predicted octanol–water partition coefficient (Wildman–Crippen LogP) is 3.79. The molecule has 0 aliphatic heterocycles. The largest absolute Gasteiger partial charge is 0.349 e. The summed E-state index contributed by atoms with van der Waals surface area (Å²) in [4.78, 5) is 20.2. The lowest BCUT2D eigenvalue weighted by Gasteiger charge is -2.14. The molecule has 2 heterocycles. The molecule has 6 heteroatoms. The summed E-state index contributed by atoms with van der Waals surface area (Å²) >= 11 is 0. The molecule has 6 nitrogen and oxygen atoms in total. The van der Waals surface area contributed by atoms with Crippen LogP contribution in [-0.2, 0) is 11.2 Å². The Morgan fingerprint density at radius 2 is 1.96 bits per heavy atom. The molecule has 0 bridgehead atoms. The fourth-order valence-corrected chi connectivity index (χ4v) is 3.53. The highest BCUT2D eigenvalue weighted by Crippen LogP contribution is 2.20.